The van der Waals surface area contributed by atoms with Gasteiger partial charge >= 0.3 is 5.69 Å². The zero-order valence-corrected chi connectivity index (χ0v) is 13.0. The molecule has 0 radical (unpaired) electrons. The van der Waals surface area contributed by atoms with Gasteiger partial charge in [-0.25, -0.2) is 4.98 Å². The van der Waals surface area contributed by atoms with Crippen LogP contribution in [0, 0.1) is 23.0 Å². The summed E-state index contributed by atoms with van der Waals surface area (Å²) in [6.45, 7) is 8.89. The largest absolute Gasteiger partial charge is 0.348 e. The van der Waals surface area contributed by atoms with Crippen LogP contribution in [-0.4, -0.2) is 35.6 Å². The molecule has 0 saturated carbocycles. The Hall–Kier alpha value is -1.69. The van der Waals surface area contributed by atoms with E-state index in [1.807, 2.05) is 6.92 Å². The first-order valence-corrected chi connectivity index (χ1v) is 7.58. The summed E-state index contributed by atoms with van der Waals surface area (Å²) in [6, 6.07) is 3.45. The molecule has 1 aromatic rings. The molecule has 1 aliphatic heterocycles. The van der Waals surface area contributed by atoms with Gasteiger partial charge in [-0.3, -0.25) is 10.1 Å². The second kappa shape index (κ2) is 6.85. The Labute approximate surface area is 125 Å². The van der Waals surface area contributed by atoms with Crippen molar-refractivity contribution in [3.8, 4) is 0 Å². The molecule has 0 bridgehead atoms. The van der Waals surface area contributed by atoms with Crippen molar-refractivity contribution in [2.24, 2.45) is 5.92 Å². The molecule has 116 valence electrons. The van der Waals surface area contributed by atoms with Crippen molar-refractivity contribution in [3.05, 3.63) is 27.9 Å². The molecule has 6 heteroatoms. The lowest BCUT2D eigenvalue weighted by molar-refractivity contribution is -0.384. The topological polar surface area (TPSA) is 71.3 Å². The van der Waals surface area contributed by atoms with Crippen LogP contribution in [0.4, 0.5) is 11.5 Å². The second-order valence-corrected chi connectivity index (χ2v) is 5.99. The number of piperidine rings is 1. The van der Waals surface area contributed by atoms with Gasteiger partial charge in [-0.15, -0.1) is 0 Å². The van der Waals surface area contributed by atoms with Crippen molar-refractivity contribution >= 4 is 11.5 Å². The zero-order chi connectivity index (χ0) is 15.4. The predicted molar refractivity (Wildman–Crippen MR) is 83.7 cm³/mol. The normalized spacial score (nSPS) is 16.2. The van der Waals surface area contributed by atoms with E-state index in [2.05, 4.69) is 29.0 Å². The molecule has 0 aromatic carbocycles. The zero-order valence-electron chi connectivity index (χ0n) is 13.0. The van der Waals surface area contributed by atoms with Gasteiger partial charge in [-0.2, -0.15) is 0 Å². The first-order valence-electron chi connectivity index (χ1n) is 7.58. The molecule has 0 atom stereocenters. The van der Waals surface area contributed by atoms with Gasteiger partial charge in [0.1, 0.15) is 0 Å². The monoisotopic (exact) mass is 292 g/mol. The van der Waals surface area contributed by atoms with E-state index in [0.29, 0.717) is 11.7 Å². The maximum atomic E-state index is 11.3. The lowest BCUT2D eigenvalue weighted by atomic mass is 9.97. The molecule has 1 aromatic heterocycles. The molecule has 6 nitrogen and oxygen atoms in total. The van der Waals surface area contributed by atoms with E-state index in [1.54, 1.807) is 12.1 Å². The standard InChI is InChI=1S/C15H24N4O2/c1-11(2)18(10-13-6-8-16-9-7-13)15-14(19(20)21)5-4-12(3)17-15/h4-5,11,13,16H,6-10H2,1-3H3. The fourth-order valence-corrected chi connectivity index (χ4v) is 2.77. The summed E-state index contributed by atoms with van der Waals surface area (Å²) in [7, 11) is 0. The van der Waals surface area contributed by atoms with Crippen molar-refractivity contribution in [1.82, 2.24) is 10.3 Å². The number of anilines is 1. The Morgan fingerprint density at radius 1 is 1.43 bits per heavy atom. The molecular formula is C15H24N4O2. The molecule has 0 spiro atoms. The van der Waals surface area contributed by atoms with E-state index in [9.17, 15) is 10.1 Å². The van der Waals surface area contributed by atoms with Crippen molar-refractivity contribution in [1.29, 1.82) is 0 Å². The Balaban J connectivity index is 2.28. The molecule has 2 rings (SSSR count). The van der Waals surface area contributed by atoms with Crippen molar-refractivity contribution in [3.63, 3.8) is 0 Å². The summed E-state index contributed by atoms with van der Waals surface area (Å²) in [5.41, 5.74) is 0.912. The Kier molecular flexibility index (Phi) is 5.12. The number of nitrogens with zero attached hydrogens (tertiary/aromatic N) is 3. The van der Waals surface area contributed by atoms with Gasteiger partial charge in [-0.05, 0) is 58.7 Å². The number of hydrogen-bond acceptors (Lipinski definition) is 5. The van der Waals surface area contributed by atoms with Gasteiger partial charge in [0.05, 0.1) is 4.92 Å². The smallest absolute Gasteiger partial charge is 0.311 e. The third kappa shape index (κ3) is 3.91. The van der Waals surface area contributed by atoms with Gasteiger partial charge in [0.15, 0.2) is 0 Å². The highest BCUT2D eigenvalue weighted by Gasteiger charge is 2.26. The maximum Gasteiger partial charge on any atom is 0.311 e. The summed E-state index contributed by atoms with van der Waals surface area (Å²) in [4.78, 5) is 17.5. The number of nitro groups is 1. The number of hydrogen-bond donors (Lipinski definition) is 1. The number of nitrogens with one attached hydrogen (secondary N) is 1. The third-order valence-electron chi connectivity index (χ3n) is 4.00. The Morgan fingerprint density at radius 2 is 2.10 bits per heavy atom. The number of rotatable bonds is 5. The third-order valence-corrected chi connectivity index (χ3v) is 4.00. The van der Waals surface area contributed by atoms with Crippen LogP contribution in [0.5, 0.6) is 0 Å². The lowest BCUT2D eigenvalue weighted by Crippen LogP contribution is -2.40. The molecule has 0 amide bonds. The SMILES string of the molecule is Cc1ccc([N+](=O)[O-])c(N(CC2CCNCC2)C(C)C)n1. The lowest BCUT2D eigenvalue weighted by Gasteiger charge is -2.33. The molecule has 2 heterocycles. The van der Waals surface area contributed by atoms with E-state index in [1.165, 1.54) is 0 Å². The van der Waals surface area contributed by atoms with Crippen LogP contribution in [-0.2, 0) is 0 Å². The van der Waals surface area contributed by atoms with E-state index in [4.69, 9.17) is 0 Å². The number of aromatic nitrogens is 1. The highest BCUT2D eigenvalue weighted by molar-refractivity contribution is 5.58. The molecule has 0 aliphatic carbocycles. The molecule has 1 fully saturated rings. The van der Waals surface area contributed by atoms with Gasteiger partial charge in [-0.1, -0.05) is 0 Å². The van der Waals surface area contributed by atoms with E-state index < -0.39 is 0 Å². The fraction of sp³-hybridized carbons (Fsp3) is 0.667. The van der Waals surface area contributed by atoms with Crippen LogP contribution in [0.1, 0.15) is 32.4 Å². The predicted octanol–water partition coefficient (Wildman–Crippen LogP) is 2.51. The molecule has 1 saturated heterocycles. The van der Waals surface area contributed by atoms with Crippen LogP contribution >= 0.6 is 0 Å². The Bertz CT molecular complexity index is 498. The molecular weight excluding hydrogens is 268 g/mol. The summed E-state index contributed by atoms with van der Waals surface area (Å²) in [6.07, 6.45) is 2.23. The maximum absolute atomic E-state index is 11.3. The summed E-state index contributed by atoms with van der Waals surface area (Å²) >= 11 is 0. The minimum atomic E-state index is -0.334. The van der Waals surface area contributed by atoms with E-state index >= 15 is 0 Å². The van der Waals surface area contributed by atoms with E-state index in [-0.39, 0.29) is 16.7 Å². The highest BCUT2D eigenvalue weighted by atomic mass is 16.6. The minimum Gasteiger partial charge on any atom is -0.348 e. The van der Waals surface area contributed by atoms with Crippen LogP contribution in [0.15, 0.2) is 12.1 Å². The molecule has 1 N–H and O–H groups in total. The molecule has 1 aliphatic rings. The fourth-order valence-electron chi connectivity index (χ4n) is 2.77. The van der Waals surface area contributed by atoms with Gasteiger partial charge in [0, 0.05) is 24.3 Å². The summed E-state index contributed by atoms with van der Waals surface area (Å²) in [5, 5.41) is 14.6. The van der Waals surface area contributed by atoms with E-state index in [0.717, 1.165) is 38.2 Å². The Morgan fingerprint density at radius 3 is 2.67 bits per heavy atom. The average molecular weight is 292 g/mol. The first-order chi connectivity index (χ1) is 9.99. The second-order valence-electron chi connectivity index (χ2n) is 5.99. The summed E-state index contributed by atoms with van der Waals surface area (Å²) < 4.78 is 0. The number of pyridine rings is 1. The van der Waals surface area contributed by atoms with Crippen LogP contribution < -0.4 is 10.2 Å². The van der Waals surface area contributed by atoms with Crippen molar-refractivity contribution in [2.75, 3.05) is 24.5 Å². The van der Waals surface area contributed by atoms with Crippen LogP contribution in [0.2, 0.25) is 0 Å². The minimum absolute atomic E-state index is 0.100. The van der Waals surface area contributed by atoms with Crippen molar-refractivity contribution in [2.45, 2.75) is 39.7 Å². The van der Waals surface area contributed by atoms with Crippen LogP contribution in [0.3, 0.4) is 0 Å². The highest BCUT2D eigenvalue weighted by Crippen LogP contribution is 2.29. The first kappa shape index (κ1) is 15.7. The van der Waals surface area contributed by atoms with Gasteiger partial charge < -0.3 is 10.2 Å². The quantitative estimate of drug-likeness (QED) is 0.667. The average Bonchev–Trinajstić information content (AvgIpc) is 2.45. The van der Waals surface area contributed by atoms with Crippen LogP contribution in [0.25, 0.3) is 0 Å². The molecule has 21 heavy (non-hydrogen) atoms. The summed E-state index contributed by atoms with van der Waals surface area (Å²) in [5.74, 6) is 1.07. The van der Waals surface area contributed by atoms with Crippen molar-refractivity contribution < 1.29 is 4.92 Å². The van der Waals surface area contributed by atoms with Gasteiger partial charge in [0.2, 0.25) is 5.82 Å². The molecule has 0 unspecified atom stereocenters. The van der Waals surface area contributed by atoms with Gasteiger partial charge in [0.25, 0.3) is 0 Å². The number of aryl methyl sites for hydroxylation is 1.